The summed E-state index contributed by atoms with van der Waals surface area (Å²) in [5.41, 5.74) is 5.68. The minimum atomic E-state index is 0.536. The largest absolute Gasteiger partial charge is 0.384 e. The predicted octanol–water partition coefficient (Wildman–Crippen LogP) is 2.08. The van der Waals surface area contributed by atoms with E-state index in [0.717, 1.165) is 31.0 Å². The van der Waals surface area contributed by atoms with Crippen LogP contribution in [0.5, 0.6) is 0 Å². The van der Waals surface area contributed by atoms with Crippen LogP contribution in [-0.2, 0) is 6.42 Å². The van der Waals surface area contributed by atoms with Crippen LogP contribution in [0.25, 0.3) is 0 Å². The van der Waals surface area contributed by atoms with Crippen molar-refractivity contribution in [3.05, 3.63) is 11.9 Å². The van der Waals surface area contributed by atoms with Crippen LogP contribution in [0.3, 0.4) is 0 Å². The number of aryl methyl sites for hydroxylation is 1. The molecule has 0 aromatic carbocycles. The smallest absolute Gasteiger partial charge is 0.132 e. The van der Waals surface area contributed by atoms with Gasteiger partial charge in [-0.25, -0.2) is 9.97 Å². The number of nitrogens with zero attached hydrogens (tertiary/aromatic N) is 2. The first kappa shape index (κ1) is 11.8. The lowest BCUT2D eigenvalue weighted by atomic mass is 10.1. The second kappa shape index (κ2) is 5.53. The molecule has 3 N–H and O–H groups in total. The summed E-state index contributed by atoms with van der Waals surface area (Å²) in [5.74, 6) is 2.81. The van der Waals surface area contributed by atoms with E-state index in [2.05, 4.69) is 29.1 Å². The minimum Gasteiger partial charge on any atom is -0.384 e. The van der Waals surface area contributed by atoms with E-state index in [9.17, 15) is 0 Å². The fourth-order valence-corrected chi connectivity index (χ4v) is 1.19. The van der Waals surface area contributed by atoms with E-state index in [1.54, 1.807) is 6.07 Å². The number of nitrogens with one attached hydrogen (secondary N) is 1. The molecule has 1 unspecified atom stereocenters. The summed E-state index contributed by atoms with van der Waals surface area (Å²) in [4.78, 5) is 8.48. The summed E-state index contributed by atoms with van der Waals surface area (Å²) in [5, 5.41) is 3.28. The van der Waals surface area contributed by atoms with Crippen LogP contribution < -0.4 is 11.1 Å². The van der Waals surface area contributed by atoms with Crippen molar-refractivity contribution in [1.29, 1.82) is 0 Å². The van der Waals surface area contributed by atoms with E-state index >= 15 is 0 Å². The summed E-state index contributed by atoms with van der Waals surface area (Å²) in [6.45, 7) is 7.33. The number of hydrogen-bond acceptors (Lipinski definition) is 4. The van der Waals surface area contributed by atoms with Gasteiger partial charge in [0.15, 0.2) is 0 Å². The van der Waals surface area contributed by atoms with Crippen LogP contribution in [0, 0.1) is 5.92 Å². The Hall–Kier alpha value is -1.32. The van der Waals surface area contributed by atoms with Gasteiger partial charge in [0.2, 0.25) is 0 Å². The Bertz CT molecular complexity index is 311. The Labute approximate surface area is 91.3 Å². The highest BCUT2D eigenvalue weighted by molar-refractivity contribution is 5.44. The molecular weight excluding hydrogens is 188 g/mol. The lowest BCUT2D eigenvalue weighted by Gasteiger charge is -2.11. The number of aromatic nitrogens is 2. The molecule has 1 rings (SSSR count). The third-order valence-electron chi connectivity index (χ3n) is 2.44. The van der Waals surface area contributed by atoms with Gasteiger partial charge in [-0.15, -0.1) is 0 Å². The highest BCUT2D eigenvalue weighted by Crippen LogP contribution is 2.10. The Balaban J connectivity index is 2.64. The number of rotatable bonds is 5. The lowest BCUT2D eigenvalue weighted by Crippen LogP contribution is -2.12. The van der Waals surface area contributed by atoms with Crippen LogP contribution in [0.15, 0.2) is 6.07 Å². The fourth-order valence-electron chi connectivity index (χ4n) is 1.19. The van der Waals surface area contributed by atoms with E-state index in [0.29, 0.717) is 11.7 Å². The molecule has 1 aromatic heterocycles. The Kier molecular flexibility index (Phi) is 4.34. The standard InChI is InChI=1S/C11H20N4/c1-4-8(3)7-13-11-6-9(12)14-10(5-2)15-11/h6,8H,4-5,7H2,1-3H3,(H3,12,13,14,15). The summed E-state index contributed by atoms with van der Waals surface area (Å²) in [6, 6.07) is 1.78. The second-order valence-electron chi connectivity index (χ2n) is 3.84. The monoisotopic (exact) mass is 208 g/mol. The van der Waals surface area contributed by atoms with Gasteiger partial charge < -0.3 is 11.1 Å². The minimum absolute atomic E-state index is 0.536. The van der Waals surface area contributed by atoms with Crippen molar-refractivity contribution in [2.75, 3.05) is 17.6 Å². The average molecular weight is 208 g/mol. The van der Waals surface area contributed by atoms with Gasteiger partial charge in [0.05, 0.1) is 0 Å². The maximum absolute atomic E-state index is 5.68. The van der Waals surface area contributed by atoms with Crippen molar-refractivity contribution < 1.29 is 0 Å². The Morgan fingerprint density at radius 3 is 2.73 bits per heavy atom. The molecule has 84 valence electrons. The van der Waals surface area contributed by atoms with Crippen molar-refractivity contribution in [2.45, 2.75) is 33.6 Å². The highest BCUT2D eigenvalue weighted by atomic mass is 15.0. The quantitative estimate of drug-likeness (QED) is 0.777. The molecule has 0 aliphatic heterocycles. The molecular formula is C11H20N4. The van der Waals surface area contributed by atoms with Crippen LogP contribution in [0.1, 0.15) is 33.0 Å². The zero-order chi connectivity index (χ0) is 11.3. The number of anilines is 2. The third kappa shape index (κ3) is 3.73. The second-order valence-corrected chi connectivity index (χ2v) is 3.84. The molecule has 0 amide bonds. The zero-order valence-electron chi connectivity index (χ0n) is 9.75. The summed E-state index contributed by atoms with van der Waals surface area (Å²) in [6.07, 6.45) is 1.97. The molecule has 4 heteroatoms. The summed E-state index contributed by atoms with van der Waals surface area (Å²) in [7, 11) is 0. The molecule has 1 atom stereocenters. The molecule has 1 aromatic rings. The molecule has 0 radical (unpaired) electrons. The maximum Gasteiger partial charge on any atom is 0.132 e. The number of nitrogen functional groups attached to an aromatic ring is 1. The van der Waals surface area contributed by atoms with Gasteiger partial charge in [0.1, 0.15) is 17.5 Å². The van der Waals surface area contributed by atoms with Gasteiger partial charge in [-0.05, 0) is 5.92 Å². The molecule has 15 heavy (non-hydrogen) atoms. The first-order chi connectivity index (χ1) is 7.15. The molecule has 0 saturated heterocycles. The fraction of sp³-hybridized carbons (Fsp3) is 0.636. The van der Waals surface area contributed by atoms with E-state index in [1.165, 1.54) is 0 Å². The van der Waals surface area contributed by atoms with E-state index < -0.39 is 0 Å². The first-order valence-corrected chi connectivity index (χ1v) is 5.53. The lowest BCUT2D eigenvalue weighted by molar-refractivity contribution is 0.592. The van der Waals surface area contributed by atoms with Gasteiger partial charge >= 0.3 is 0 Å². The predicted molar refractivity (Wildman–Crippen MR) is 63.8 cm³/mol. The average Bonchev–Trinajstić information content (AvgIpc) is 2.25. The molecule has 0 saturated carbocycles. The molecule has 0 bridgehead atoms. The first-order valence-electron chi connectivity index (χ1n) is 5.53. The molecule has 0 aliphatic rings. The van der Waals surface area contributed by atoms with E-state index in [4.69, 9.17) is 5.73 Å². The normalized spacial score (nSPS) is 12.5. The molecule has 0 spiro atoms. The van der Waals surface area contributed by atoms with E-state index in [-0.39, 0.29) is 0 Å². The van der Waals surface area contributed by atoms with E-state index in [1.807, 2.05) is 6.92 Å². The van der Waals surface area contributed by atoms with Gasteiger partial charge in [-0.1, -0.05) is 27.2 Å². The number of nitrogens with two attached hydrogens (primary N) is 1. The van der Waals surface area contributed by atoms with Crippen molar-refractivity contribution in [2.24, 2.45) is 5.92 Å². The van der Waals surface area contributed by atoms with Crippen LogP contribution in [0.2, 0.25) is 0 Å². The molecule has 0 aliphatic carbocycles. The summed E-state index contributed by atoms with van der Waals surface area (Å²) < 4.78 is 0. The number of hydrogen-bond donors (Lipinski definition) is 2. The maximum atomic E-state index is 5.68. The van der Waals surface area contributed by atoms with Gasteiger partial charge in [0.25, 0.3) is 0 Å². The molecule has 4 nitrogen and oxygen atoms in total. The van der Waals surface area contributed by atoms with Gasteiger partial charge in [-0.2, -0.15) is 0 Å². The third-order valence-corrected chi connectivity index (χ3v) is 2.44. The SMILES string of the molecule is CCc1nc(N)cc(NCC(C)CC)n1. The van der Waals surface area contributed by atoms with Crippen molar-refractivity contribution in [3.63, 3.8) is 0 Å². The summed E-state index contributed by atoms with van der Waals surface area (Å²) >= 11 is 0. The van der Waals surface area contributed by atoms with Crippen LogP contribution in [-0.4, -0.2) is 16.5 Å². The van der Waals surface area contributed by atoms with Crippen molar-refractivity contribution in [1.82, 2.24) is 9.97 Å². The Morgan fingerprint density at radius 1 is 1.40 bits per heavy atom. The molecule has 0 fully saturated rings. The van der Waals surface area contributed by atoms with Crippen LogP contribution >= 0.6 is 0 Å². The topological polar surface area (TPSA) is 63.8 Å². The highest BCUT2D eigenvalue weighted by Gasteiger charge is 2.02. The van der Waals surface area contributed by atoms with Gasteiger partial charge in [-0.3, -0.25) is 0 Å². The van der Waals surface area contributed by atoms with Crippen molar-refractivity contribution >= 4 is 11.6 Å². The van der Waals surface area contributed by atoms with Crippen LogP contribution in [0.4, 0.5) is 11.6 Å². The Morgan fingerprint density at radius 2 is 2.13 bits per heavy atom. The van der Waals surface area contributed by atoms with Gasteiger partial charge in [0, 0.05) is 19.0 Å². The molecule has 1 heterocycles. The zero-order valence-corrected chi connectivity index (χ0v) is 9.75. The van der Waals surface area contributed by atoms with Crippen molar-refractivity contribution in [3.8, 4) is 0 Å².